The van der Waals surface area contributed by atoms with Gasteiger partial charge in [-0.25, -0.2) is 0 Å². The first-order valence-corrected chi connectivity index (χ1v) is 9.55. The summed E-state index contributed by atoms with van der Waals surface area (Å²) in [5, 5.41) is 0. The van der Waals surface area contributed by atoms with Crippen LogP contribution in [0.2, 0.25) is 0 Å². The molecular formula is C21H32N2O. The summed E-state index contributed by atoms with van der Waals surface area (Å²) in [5.74, 6) is 2.16. The van der Waals surface area contributed by atoms with Gasteiger partial charge in [0.05, 0.1) is 0 Å². The zero-order chi connectivity index (χ0) is 17.3. The van der Waals surface area contributed by atoms with Crippen LogP contribution in [-0.4, -0.2) is 23.9 Å². The van der Waals surface area contributed by atoms with E-state index in [-0.39, 0.29) is 5.92 Å². The fourth-order valence-corrected chi connectivity index (χ4v) is 4.66. The number of amides is 1. The molecule has 0 spiro atoms. The molecule has 2 saturated carbocycles. The summed E-state index contributed by atoms with van der Waals surface area (Å²) >= 11 is 0. The molecule has 1 aromatic carbocycles. The van der Waals surface area contributed by atoms with Crippen LogP contribution in [0.3, 0.4) is 0 Å². The monoisotopic (exact) mass is 328 g/mol. The van der Waals surface area contributed by atoms with Crippen molar-refractivity contribution in [2.45, 2.75) is 64.5 Å². The second-order valence-corrected chi connectivity index (χ2v) is 8.29. The van der Waals surface area contributed by atoms with E-state index in [2.05, 4.69) is 38.1 Å². The van der Waals surface area contributed by atoms with Crippen molar-refractivity contribution in [3.05, 3.63) is 35.4 Å². The van der Waals surface area contributed by atoms with Gasteiger partial charge in [-0.2, -0.15) is 0 Å². The molecule has 3 nitrogen and oxygen atoms in total. The van der Waals surface area contributed by atoms with Crippen molar-refractivity contribution in [1.82, 2.24) is 4.90 Å². The maximum Gasteiger partial charge on any atom is 0.225 e. The van der Waals surface area contributed by atoms with Gasteiger partial charge in [0.2, 0.25) is 5.91 Å². The number of fused-ring (bicyclic) bond motifs is 2. The van der Waals surface area contributed by atoms with Crippen LogP contribution in [0.1, 0.15) is 63.0 Å². The average Bonchev–Trinajstić information content (AvgIpc) is 2.54. The highest BCUT2D eigenvalue weighted by atomic mass is 16.2. The van der Waals surface area contributed by atoms with Crippen molar-refractivity contribution in [2.75, 3.05) is 7.05 Å². The highest BCUT2D eigenvalue weighted by Gasteiger charge is 2.41. The van der Waals surface area contributed by atoms with Crippen LogP contribution < -0.4 is 5.73 Å². The number of nitrogens with zero attached hydrogens (tertiary/aromatic N) is 1. The van der Waals surface area contributed by atoms with Gasteiger partial charge in [0.25, 0.3) is 0 Å². The van der Waals surface area contributed by atoms with E-state index in [0.717, 1.165) is 12.8 Å². The highest BCUT2D eigenvalue weighted by Crippen LogP contribution is 2.42. The van der Waals surface area contributed by atoms with Crippen molar-refractivity contribution in [3.63, 3.8) is 0 Å². The predicted octanol–water partition coefficient (Wildman–Crippen LogP) is 3.92. The van der Waals surface area contributed by atoms with Gasteiger partial charge in [-0.05, 0) is 54.6 Å². The van der Waals surface area contributed by atoms with E-state index in [1.54, 1.807) is 0 Å². The quantitative estimate of drug-likeness (QED) is 0.910. The largest absolute Gasteiger partial charge is 0.341 e. The van der Waals surface area contributed by atoms with Crippen LogP contribution >= 0.6 is 0 Å². The number of hydrogen-bond donors (Lipinski definition) is 1. The molecule has 1 amide bonds. The number of rotatable bonds is 4. The molecule has 3 rings (SSSR count). The van der Waals surface area contributed by atoms with E-state index in [9.17, 15) is 4.79 Å². The number of benzene rings is 1. The zero-order valence-corrected chi connectivity index (χ0v) is 15.4. The van der Waals surface area contributed by atoms with E-state index in [1.165, 1.54) is 30.4 Å². The fourth-order valence-electron chi connectivity index (χ4n) is 4.66. The smallest absolute Gasteiger partial charge is 0.225 e. The minimum atomic E-state index is 0.181. The van der Waals surface area contributed by atoms with Crippen LogP contribution in [-0.2, 0) is 11.3 Å². The van der Waals surface area contributed by atoms with E-state index >= 15 is 0 Å². The summed E-state index contributed by atoms with van der Waals surface area (Å²) in [6.45, 7) is 5.11. The second kappa shape index (κ2) is 7.26. The Balaban J connectivity index is 1.60. The topological polar surface area (TPSA) is 46.3 Å². The third kappa shape index (κ3) is 3.66. The van der Waals surface area contributed by atoms with Gasteiger partial charge in [0.15, 0.2) is 0 Å². The maximum absolute atomic E-state index is 12.9. The molecule has 0 saturated heterocycles. The lowest BCUT2D eigenvalue weighted by Gasteiger charge is -2.44. The van der Waals surface area contributed by atoms with E-state index in [4.69, 9.17) is 5.73 Å². The van der Waals surface area contributed by atoms with Gasteiger partial charge in [0.1, 0.15) is 0 Å². The molecule has 24 heavy (non-hydrogen) atoms. The molecule has 1 aromatic rings. The number of hydrogen-bond acceptors (Lipinski definition) is 2. The fraction of sp³-hybridized carbons (Fsp3) is 0.667. The first-order valence-electron chi connectivity index (χ1n) is 9.55. The molecule has 2 bridgehead atoms. The average molecular weight is 328 g/mol. The van der Waals surface area contributed by atoms with Crippen LogP contribution in [0.25, 0.3) is 0 Å². The van der Waals surface area contributed by atoms with Crippen LogP contribution in [0.5, 0.6) is 0 Å². The predicted molar refractivity (Wildman–Crippen MR) is 98.5 cm³/mol. The Morgan fingerprint density at radius 1 is 1.17 bits per heavy atom. The zero-order valence-electron chi connectivity index (χ0n) is 15.4. The molecule has 0 aliphatic heterocycles. The Labute approximate surface area is 146 Å². The van der Waals surface area contributed by atoms with Crippen molar-refractivity contribution in [3.8, 4) is 0 Å². The first kappa shape index (κ1) is 17.5. The van der Waals surface area contributed by atoms with Gasteiger partial charge in [-0.15, -0.1) is 0 Å². The lowest BCUT2D eigenvalue weighted by molar-refractivity contribution is -0.137. The van der Waals surface area contributed by atoms with Crippen LogP contribution in [0, 0.1) is 17.8 Å². The van der Waals surface area contributed by atoms with Crippen molar-refractivity contribution < 1.29 is 4.79 Å². The van der Waals surface area contributed by atoms with Gasteiger partial charge in [-0.3, -0.25) is 4.79 Å². The van der Waals surface area contributed by atoms with Gasteiger partial charge < -0.3 is 10.6 Å². The minimum Gasteiger partial charge on any atom is -0.341 e. The summed E-state index contributed by atoms with van der Waals surface area (Å²) < 4.78 is 0. The Morgan fingerprint density at radius 2 is 1.75 bits per heavy atom. The molecule has 2 fully saturated rings. The number of carbonyl (C=O) groups is 1. The van der Waals surface area contributed by atoms with E-state index in [0.29, 0.717) is 36.2 Å². The Morgan fingerprint density at radius 3 is 2.29 bits per heavy atom. The van der Waals surface area contributed by atoms with Crippen LogP contribution in [0.4, 0.5) is 0 Å². The van der Waals surface area contributed by atoms with Crippen molar-refractivity contribution in [1.29, 1.82) is 0 Å². The molecule has 2 aliphatic rings. The molecular weight excluding hydrogens is 296 g/mol. The molecule has 3 heteroatoms. The van der Waals surface area contributed by atoms with Crippen LogP contribution in [0.15, 0.2) is 24.3 Å². The molecule has 2 atom stereocenters. The van der Waals surface area contributed by atoms with Gasteiger partial charge in [0, 0.05) is 25.6 Å². The molecule has 132 valence electrons. The standard InChI is InChI=1S/C21H32N2O/c1-14(2)16-9-7-15(8-10-16)13-23(3)21(24)19-11-17-5-4-6-18(12-19)20(17)22/h7-10,14,17-20H,4-6,11-13,22H2,1-3H3. The molecule has 2 N–H and O–H groups in total. The SMILES string of the molecule is CC(C)c1ccc(CN(C)C(=O)C2CC3CCCC(C2)C3N)cc1. The van der Waals surface area contributed by atoms with Crippen molar-refractivity contribution in [2.24, 2.45) is 23.5 Å². The molecule has 2 unspecified atom stereocenters. The molecule has 0 aromatic heterocycles. The second-order valence-electron chi connectivity index (χ2n) is 8.29. The lowest BCUT2D eigenvalue weighted by atomic mass is 9.65. The van der Waals surface area contributed by atoms with E-state index in [1.807, 2.05) is 11.9 Å². The number of nitrogens with two attached hydrogens (primary N) is 1. The highest BCUT2D eigenvalue weighted by molar-refractivity contribution is 5.78. The Hall–Kier alpha value is -1.35. The summed E-state index contributed by atoms with van der Waals surface area (Å²) in [5.41, 5.74) is 8.92. The summed E-state index contributed by atoms with van der Waals surface area (Å²) in [6.07, 6.45) is 5.70. The molecule has 2 aliphatic carbocycles. The number of carbonyl (C=O) groups excluding carboxylic acids is 1. The Kier molecular flexibility index (Phi) is 5.29. The summed E-state index contributed by atoms with van der Waals surface area (Å²) in [4.78, 5) is 14.8. The van der Waals surface area contributed by atoms with Gasteiger partial charge in [-0.1, -0.05) is 44.5 Å². The lowest BCUT2D eigenvalue weighted by Crippen LogP contribution is -2.49. The molecule has 0 radical (unpaired) electrons. The minimum absolute atomic E-state index is 0.181. The Bertz CT molecular complexity index is 552. The third-order valence-electron chi connectivity index (χ3n) is 6.20. The maximum atomic E-state index is 12.9. The summed E-state index contributed by atoms with van der Waals surface area (Å²) in [6, 6.07) is 9.01. The van der Waals surface area contributed by atoms with E-state index < -0.39 is 0 Å². The normalized spacial score (nSPS) is 29.5. The van der Waals surface area contributed by atoms with Gasteiger partial charge >= 0.3 is 0 Å². The third-order valence-corrected chi connectivity index (χ3v) is 6.20. The summed E-state index contributed by atoms with van der Waals surface area (Å²) in [7, 11) is 1.95. The first-order chi connectivity index (χ1) is 11.5. The molecule has 0 heterocycles. The van der Waals surface area contributed by atoms with Crippen molar-refractivity contribution >= 4 is 5.91 Å².